The summed E-state index contributed by atoms with van der Waals surface area (Å²) in [4.78, 5) is 2.45. The van der Waals surface area contributed by atoms with Crippen LogP contribution in [0.3, 0.4) is 0 Å². The van der Waals surface area contributed by atoms with Crippen LogP contribution in [0.1, 0.15) is 22.3 Å². The van der Waals surface area contributed by atoms with Crippen LogP contribution in [0.2, 0.25) is 0 Å². The van der Waals surface area contributed by atoms with Gasteiger partial charge in [-0.1, -0.05) is 218 Å². The van der Waals surface area contributed by atoms with Crippen molar-refractivity contribution in [1.82, 2.24) is 0 Å². The Hall–Kier alpha value is -7.74. The Morgan fingerprint density at radius 3 is 1.28 bits per heavy atom. The fourth-order valence-electron chi connectivity index (χ4n) is 9.74. The molecule has 0 spiro atoms. The van der Waals surface area contributed by atoms with Crippen molar-refractivity contribution < 1.29 is 0 Å². The summed E-state index contributed by atoms with van der Waals surface area (Å²) in [6, 6.07) is 91.0. The molecule has 1 heteroatoms. The summed E-state index contributed by atoms with van der Waals surface area (Å²) in [6.45, 7) is 0. The van der Waals surface area contributed by atoms with Crippen LogP contribution in [0.5, 0.6) is 0 Å². The van der Waals surface area contributed by atoms with E-state index in [-0.39, 0.29) is 0 Å². The molecule has 0 aromatic heterocycles. The van der Waals surface area contributed by atoms with Crippen LogP contribution < -0.4 is 4.90 Å². The second-order valence-corrected chi connectivity index (χ2v) is 15.6. The number of hydrogen-bond donors (Lipinski definition) is 0. The molecule has 10 aromatic rings. The van der Waals surface area contributed by atoms with E-state index in [0.717, 1.165) is 17.1 Å². The third kappa shape index (κ3) is 5.78. The van der Waals surface area contributed by atoms with Gasteiger partial charge in [-0.15, -0.1) is 0 Å². The van der Waals surface area contributed by atoms with Crippen LogP contribution in [-0.2, 0) is 5.41 Å². The Morgan fingerprint density at radius 1 is 0.267 bits per heavy atom. The molecule has 0 heterocycles. The average molecular weight is 764 g/mol. The fourth-order valence-corrected chi connectivity index (χ4v) is 9.74. The SMILES string of the molecule is c1ccc(-c2ccccc2N(c2ccc(-c3ccc(-c4ccccc4)c4ccccc34)cc2)c2ccc3c(c2)C(c2ccccc2)(c2ccccc2)c2ccccc2-3)cc1. The topological polar surface area (TPSA) is 3.24 Å². The van der Waals surface area contributed by atoms with Gasteiger partial charge in [0.15, 0.2) is 0 Å². The van der Waals surface area contributed by atoms with E-state index in [4.69, 9.17) is 0 Å². The molecule has 60 heavy (non-hydrogen) atoms. The van der Waals surface area contributed by atoms with Crippen LogP contribution in [0.25, 0.3) is 55.3 Å². The van der Waals surface area contributed by atoms with Gasteiger partial charge in [-0.2, -0.15) is 0 Å². The van der Waals surface area contributed by atoms with Crippen molar-refractivity contribution in [2.24, 2.45) is 0 Å². The molecule has 1 aliphatic carbocycles. The lowest BCUT2D eigenvalue weighted by atomic mass is 9.67. The minimum atomic E-state index is -0.508. The quantitative estimate of drug-likeness (QED) is 0.149. The first-order chi connectivity index (χ1) is 29.8. The van der Waals surface area contributed by atoms with Gasteiger partial charge in [-0.05, 0) is 102 Å². The monoisotopic (exact) mass is 763 g/mol. The molecule has 0 saturated heterocycles. The van der Waals surface area contributed by atoms with Gasteiger partial charge in [0.1, 0.15) is 0 Å². The third-order valence-electron chi connectivity index (χ3n) is 12.4. The van der Waals surface area contributed by atoms with Gasteiger partial charge in [0, 0.05) is 16.9 Å². The highest BCUT2D eigenvalue weighted by Gasteiger charge is 2.46. The number of benzene rings is 10. The van der Waals surface area contributed by atoms with Gasteiger partial charge in [0.2, 0.25) is 0 Å². The summed E-state index contributed by atoms with van der Waals surface area (Å²) in [5.41, 5.74) is 17.7. The second kappa shape index (κ2) is 14.9. The lowest BCUT2D eigenvalue weighted by molar-refractivity contribution is 0.768. The van der Waals surface area contributed by atoms with E-state index >= 15 is 0 Å². The van der Waals surface area contributed by atoms with Crippen molar-refractivity contribution >= 4 is 27.8 Å². The molecule has 0 atom stereocenters. The minimum Gasteiger partial charge on any atom is -0.310 e. The lowest BCUT2D eigenvalue weighted by Crippen LogP contribution is -2.28. The largest absolute Gasteiger partial charge is 0.310 e. The molecule has 1 nitrogen and oxygen atoms in total. The van der Waals surface area contributed by atoms with Gasteiger partial charge >= 0.3 is 0 Å². The predicted molar refractivity (Wildman–Crippen MR) is 252 cm³/mol. The zero-order chi connectivity index (χ0) is 39.9. The van der Waals surface area contributed by atoms with E-state index < -0.39 is 5.41 Å². The summed E-state index contributed by atoms with van der Waals surface area (Å²) in [5, 5.41) is 2.50. The molecule has 0 saturated carbocycles. The number of para-hydroxylation sites is 1. The molecule has 11 rings (SSSR count). The standard InChI is InChI=1S/C59H41N/c1-5-19-42(20-6-1)49-39-40-50(53-29-14-13-28-52(49)53)44-33-35-47(36-34-44)60(58-32-18-16-27-51(58)43-21-7-2-8-22-43)48-37-38-55-54-30-15-17-31-56(54)59(57(55)41-48,45-23-9-3-10-24-45)46-25-11-4-12-26-46/h1-41H. The van der Waals surface area contributed by atoms with Crippen molar-refractivity contribution in [3.63, 3.8) is 0 Å². The zero-order valence-electron chi connectivity index (χ0n) is 33.1. The summed E-state index contributed by atoms with van der Waals surface area (Å²) < 4.78 is 0. The molecule has 1 aliphatic rings. The first-order valence-electron chi connectivity index (χ1n) is 20.8. The molecule has 0 radical (unpaired) electrons. The Morgan fingerprint density at radius 2 is 0.683 bits per heavy atom. The number of nitrogens with zero attached hydrogens (tertiary/aromatic N) is 1. The van der Waals surface area contributed by atoms with Crippen molar-refractivity contribution in [3.05, 3.63) is 271 Å². The predicted octanol–water partition coefficient (Wildman–Crippen LogP) is 15.7. The molecule has 10 aromatic carbocycles. The summed E-state index contributed by atoms with van der Waals surface area (Å²) in [5.74, 6) is 0. The Balaban J connectivity index is 1.12. The normalized spacial score (nSPS) is 12.5. The second-order valence-electron chi connectivity index (χ2n) is 15.6. The highest BCUT2D eigenvalue weighted by molar-refractivity contribution is 6.05. The average Bonchev–Trinajstić information content (AvgIpc) is 3.63. The van der Waals surface area contributed by atoms with Gasteiger partial charge in [0.05, 0.1) is 11.1 Å². The molecule has 0 amide bonds. The lowest BCUT2D eigenvalue weighted by Gasteiger charge is -2.35. The van der Waals surface area contributed by atoms with E-state index in [1.807, 2.05) is 0 Å². The highest BCUT2D eigenvalue weighted by atomic mass is 15.1. The van der Waals surface area contributed by atoms with Crippen molar-refractivity contribution in [1.29, 1.82) is 0 Å². The number of rotatable bonds is 8. The highest BCUT2D eigenvalue weighted by Crippen LogP contribution is 2.57. The number of fused-ring (bicyclic) bond motifs is 4. The van der Waals surface area contributed by atoms with Crippen LogP contribution in [-0.4, -0.2) is 0 Å². The van der Waals surface area contributed by atoms with Gasteiger partial charge in [0.25, 0.3) is 0 Å². The van der Waals surface area contributed by atoms with Crippen LogP contribution in [0.15, 0.2) is 249 Å². The van der Waals surface area contributed by atoms with E-state index in [9.17, 15) is 0 Å². The summed E-state index contributed by atoms with van der Waals surface area (Å²) >= 11 is 0. The number of anilines is 3. The maximum atomic E-state index is 2.46. The van der Waals surface area contributed by atoms with Crippen molar-refractivity contribution in [2.75, 3.05) is 4.90 Å². The smallest absolute Gasteiger partial charge is 0.0714 e. The zero-order valence-corrected chi connectivity index (χ0v) is 33.1. The molecule has 0 N–H and O–H groups in total. The first kappa shape index (κ1) is 35.4. The molecule has 282 valence electrons. The molecular weight excluding hydrogens is 723 g/mol. The first-order valence-corrected chi connectivity index (χ1v) is 20.8. The summed E-state index contributed by atoms with van der Waals surface area (Å²) in [7, 11) is 0. The Kier molecular flexibility index (Phi) is 8.79. The maximum absolute atomic E-state index is 2.46. The van der Waals surface area contributed by atoms with Gasteiger partial charge < -0.3 is 4.90 Å². The molecule has 0 aliphatic heterocycles. The third-order valence-corrected chi connectivity index (χ3v) is 12.4. The molecule has 0 fully saturated rings. The minimum absolute atomic E-state index is 0.508. The summed E-state index contributed by atoms with van der Waals surface area (Å²) in [6.07, 6.45) is 0. The van der Waals surface area contributed by atoms with E-state index in [0.29, 0.717) is 0 Å². The molecule has 0 unspecified atom stereocenters. The van der Waals surface area contributed by atoms with Gasteiger partial charge in [-0.25, -0.2) is 0 Å². The van der Waals surface area contributed by atoms with E-state index in [1.54, 1.807) is 0 Å². The molecule has 0 bridgehead atoms. The van der Waals surface area contributed by atoms with Crippen LogP contribution in [0, 0.1) is 0 Å². The van der Waals surface area contributed by atoms with E-state index in [1.165, 1.54) is 77.5 Å². The maximum Gasteiger partial charge on any atom is 0.0714 e. The molecular formula is C59H41N. The Labute approximate surface area is 352 Å². The van der Waals surface area contributed by atoms with Crippen LogP contribution in [0.4, 0.5) is 17.1 Å². The Bertz CT molecular complexity index is 3080. The van der Waals surface area contributed by atoms with Crippen molar-refractivity contribution in [2.45, 2.75) is 5.41 Å². The van der Waals surface area contributed by atoms with E-state index in [2.05, 4.69) is 254 Å². The van der Waals surface area contributed by atoms with Gasteiger partial charge in [-0.3, -0.25) is 0 Å². The van der Waals surface area contributed by atoms with Crippen LogP contribution >= 0.6 is 0 Å². The fraction of sp³-hybridized carbons (Fsp3) is 0.0169. The van der Waals surface area contributed by atoms with Crippen molar-refractivity contribution in [3.8, 4) is 44.5 Å². The number of hydrogen-bond acceptors (Lipinski definition) is 1.